The van der Waals surface area contributed by atoms with Crippen LogP contribution in [0.5, 0.6) is 0 Å². The fourth-order valence-corrected chi connectivity index (χ4v) is 4.71. The van der Waals surface area contributed by atoms with Gasteiger partial charge in [-0.2, -0.15) is 13.2 Å². The van der Waals surface area contributed by atoms with Gasteiger partial charge in [0.05, 0.1) is 18.4 Å². The van der Waals surface area contributed by atoms with Crippen LogP contribution in [0.15, 0.2) is 41.6 Å². The highest BCUT2D eigenvalue weighted by Gasteiger charge is 2.62. The molecule has 1 amide bonds. The molecular formula is C24H23Cl2F3N2O3. The molecule has 0 bridgehead atoms. The molecule has 0 spiro atoms. The van der Waals surface area contributed by atoms with Gasteiger partial charge >= 0.3 is 6.18 Å². The molecule has 2 aromatic rings. The Balaban J connectivity index is 1.65. The lowest BCUT2D eigenvalue weighted by molar-refractivity contribution is -0.275. The lowest BCUT2D eigenvalue weighted by Crippen LogP contribution is -2.42. The zero-order valence-corrected chi connectivity index (χ0v) is 20.0. The van der Waals surface area contributed by atoms with Crippen molar-refractivity contribution in [3.8, 4) is 0 Å². The lowest BCUT2D eigenvalue weighted by Gasteiger charge is -2.29. The standard InChI is InChI=1S/C24H23Cl2F3N2O3/c1-13(2)20-7-14(3-4-19(20)22(32)30-18-5-6-33-12-18)21-11-23(34-31-21,24(27,28)29)15-8-16(25)10-17(26)9-15/h3-4,7-10,13,18H,5-6,11-12H2,1-2H3,(H,30,32)/t18-,23?/m1/s1. The van der Waals surface area contributed by atoms with Crippen LogP contribution in [-0.2, 0) is 15.2 Å². The smallest absolute Gasteiger partial charge is 0.379 e. The van der Waals surface area contributed by atoms with Crippen molar-refractivity contribution in [2.75, 3.05) is 13.2 Å². The Morgan fingerprint density at radius 1 is 1.18 bits per heavy atom. The van der Waals surface area contributed by atoms with Crippen molar-refractivity contribution in [2.45, 2.75) is 50.4 Å². The number of alkyl halides is 3. The molecule has 2 atom stereocenters. The van der Waals surface area contributed by atoms with Gasteiger partial charge < -0.3 is 14.9 Å². The molecule has 5 nitrogen and oxygen atoms in total. The molecule has 0 saturated carbocycles. The number of benzene rings is 2. The van der Waals surface area contributed by atoms with Crippen molar-refractivity contribution in [3.05, 3.63) is 68.7 Å². The van der Waals surface area contributed by atoms with E-state index in [4.69, 9.17) is 32.8 Å². The van der Waals surface area contributed by atoms with Gasteiger partial charge in [0.1, 0.15) is 0 Å². The number of rotatable bonds is 5. The van der Waals surface area contributed by atoms with Crippen LogP contribution >= 0.6 is 23.2 Å². The first kappa shape index (κ1) is 24.8. The van der Waals surface area contributed by atoms with Crippen LogP contribution in [-0.4, -0.2) is 37.1 Å². The maximum absolute atomic E-state index is 14.3. The molecule has 1 saturated heterocycles. The summed E-state index contributed by atoms with van der Waals surface area (Å²) in [4.78, 5) is 17.9. The van der Waals surface area contributed by atoms with Crippen molar-refractivity contribution in [1.82, 2.24) is 5.32 Å². The molecule has 1 fully saturated rings. The summed E-state index contributed by atoms with van der Waals surface area (Å²) >= 11 is 11.9. The van der Waals surface area contributed by atoms with Gasteiger partial charge in [-0.1, -0.05) is 48.3 Å². The van der Waals surface area contributed by atoms with E-state index in [1.165, 1.54) is 18.2 Å². The van der Waals surface area contributed by atoms with E-state index in [1.807, 2.05) is 13.8 Å². The summed E-state index contributed by atoms with van der Waals surface area (Å²) < 4.78 is 48.1. The number of carbonyl (C=O) groups is 1. The Morgan fingerprint density at radius 3 is 2.47 bits per heavy atom. The molecule has 2 aliphatic heterocycles. The minimum Gasteiger partial charge on any atom is -0.379 e. The highest BCUT2D eigenvalue weighted by atomic mass is 35.5. The minimum absolute atomic E-state index is 0.0532. The Hall–Kier alpha value is -2.29. The predicted octanol–water partition coefficient (Wildman–Crippen LogP) is 6.22. The maximum Gasteiger partial charge on any atom is 0.435 e. The quantitative estimate of drug-likeness (QED) is 0.515. The van der Waals surface area contributed by atoms with Crippen LogP contribution in [0.25, 0.3) is 0 Å². The van der Waals surface area contributed by atoms with Crippen molar-refractivity contribution in [3.63, 3.8) is 0 Å². The lowest BCUT2D eigenvalue weighted by atomic mass is 9.85. The summed E-state index contributed by atoms with van der Waals surface area (Å²) in [6.45, 7) is 4.88. The van der Waals surface area contributed by atoms with E-state index in [2.05, 4.69) is 10.5 Å². The molecule has 2 heterocycles. The van der Waals surface area contributed by atoms with Crippen molar-refractivity contribution in [2.24, 2.45) is 5.16 Å². The van der Waals surface area contributed by atoms with E-state index in [-0.39, 0.29) is 39.2 Å². The summed E-state index contributed by atoms with van der Waals surface area (Å²) in [5.74, 6) is -0.295. The molecule has 0 radical (unpaired) electrons. The van der Waals surface area contributed by atoms with E-state index >= 15 is 0 Å². The second kappa shape index (κ2) is 9.40. The molecule has 182 valence electrons. The second-order valence-electron chi connectivity index (χ2n) is 8.78. The van der Waals surface area contributed by atoms with Gasteiger partial charge in [0.2, 0.25) is 0 Å². The number of carbonyl (C=O) groups excluding carboxylic acids is 1. The molecule has 4 rings (SSSR count). The fourth-order valence-electron chi connectivity index (χ4n) is 4.18. The van der Waals surface area contributed by atoms with Crippen LogP contribution in [0.2, 0.25) is 10.0 Å². The SMILES string of the molecule is CC(C)c1cc(C2=NOC(c3cc(Cl)cc(Cl)c3)(C(F)(F)F)C2)ccc1C(=O)N[C@@H]1CCOC1. The first-order valence-electron chi connectivity index (χ1n) is 10.8. The van der Waals surface area contributed by atoms with E-state index < -0.39 is 18.2 Å². The van der Waals surface area contributed by atoms with E-state index in [0.29, 0.717) is 29.9 Å². The summed E-state index contributed by atoms with van der Waals surface area (Å²) in [6.07, 6.45) is -4.60. The highest BCUT2D eigenvalue weighted by molar-refractivity contribution is 6.34. The second-order valence-corrected chi connectivity index (χ2v) is 9.65. The summed E-state index contributed by atoms with van der Waals surface area (Å²) in [6, 6.07) is 8.55. The van der Waals surface area contributed by atoms with Gasteiger partial charge in [0.25, 0.3) is 11.5 Å². The Morgan fingerprint density at radius 2 is 1.88 bits per heavy atom. The zero-order valence-electron chi connectivity index (χ0n) is 18.5. The molecule has 1 unspecified atom stereocenters. The Labute approximate surface area is 205 Å². The topological polar surface area (TPSA) is 59.9 Å². The normalized spacial score (nSPS) is 22.6. The number of halogens is 5. The maximum atomic E-state index is 14.3. The largest absolute Gasteiger partial charge is 0.435 e. The third kappa shape index (κ3) is 4.76. The number of hydrogen-bond donors (Lipinski definition) is 1. The average molecular weight is 515 g/mol. The number of nitrogens with one attached hydrogen (secondary N) is 1. The molecular weight excluding hydrogens is 492 g/mol. The van der Waals surface area contributed by atoms with Gasteiger partial charge in [-0.3, -0.25) is 4.79 Å². The Bertz CT molecular complexity index is 1110. The third-order valence-corrected chi connectivity index (χ3v) is 6.47. The summed E-state index contributed by atoms with van der Waals surface area (Å²) in [5, 5.41) is 6.89. The van der Waals surface area contributed by atoms with Crippen molar-refractivity contribution in [1.29, 1.82) is 0 Å². The number of oxime groups is 1. The van der Waals surface area contributed by atoms with E-state index in [0.717, 1.165) is 6.42 Å². The van der Waals surface area contributed by atoms with E-state index in [1.54, 1.807) is 18.2 Å². The van der Waals surface area contributed by atoms with Gasteiger partial charge in [-0.15, -0.1) is 0 Å². The van der Waals surface area contributed by atoms with Crippen LogP contribution in [0, 0.1) is 0 Å². The monoisotopic (exact) mass is 514 g/mol. The third-order valence-electron chi connectivity index (χ3n) is 6.03. The van der Waals surface area contributed by atoms with Crippen LogP contribution in [0.1, 0.15) is 59.7 Å². The predicted molar refractivity (Wildman–Crippen MR) is 124 cm³/mol. The van der Waals surface area contributed by atoms with E-state index in [9.17, 15) is 18.0 Å². The zero-order chi connectivity index (χ0) is 24.7. The first-order valence-corrected chi connectivity index (χ1v) is 11.6. The highest BCUT2D eigenvalue weighted by Crippen LogP contribution is 2.49. The molecule has 2 aromatic carbocycles. The molecule has 0 aliphatic carbocycles. The molecule has 34 heavy (non-hydrogen) atoms. The van der Waals surface area contributed by atoms with Gasteiger partial charge in [0.15, 0.2) is 0 Å². The number of ether oxygens (including phenoxy) is 1. The van der Waals surface area contributed by atoms with Crippen LogP contribution < -0.4 is 5.32 Å². The minimum atomic E-state index is -4.78. The fraction of sp³-hybridized carbons (Fsp3) is 0.417. The van der Waals surface area contributed by atoms with Gasteiger partial charge in [-0.25, -0.2) is 0 Å². The molecule has 1 N–H and O–H groups in total. The summed E-state index contributed by atoms with van der Waals surface area (Å²) in [7, 11) is 0. The van der Waals surface area contributed by atoms with Crippen LogP contribution in [0.4, 0.5) is 13.2 Å². The average Bonchev–Trinajstić information content (AvgIpc) is 3.43. The number of hydrogen-bond acceptors (Lipinski definition) is 4. The molecule has 2 aliphatic rings. The Kier molecular flexibility index (Phi) is 6.86. The number of nitrogens with zero attached hydrogens (tertiary/aromatic N) is 1. The summed E-state index contributed by atoms with van der Waals surface area (Å²) in [5.41, 5.74) is -1.21. The van der Waals surface area contributed by atoms with Crippen LogP contribution in [0.3, 0.4) is 0 Å². The number of amides is 1. The van der Waals surface area contributed by atoms with Crippen molar-refractivity contribution < 1.29 is 27.5 Å². The van der Waals surface area contributed by atoms with Crippen molar-refractivity contribution >= 4 is 34.8 Å². The van der Waals surface area contributed by atoms with Gasteiger partial charge in [0, 0.05) is 34.2 Å². The first-order chi connectivity index (χ1) is 16.0. The molecule has 0 aromatic heterocycles. The van der Waals surface area contributed by atoms with Gasteiger partial charge in [-0.05, 0) is 53.8 Å². The molecule has 10 heteroatoms.